The summed E-state index contributed by atoms with van der Waals surface area (Å²) in [6.45, 7) is 0.425. The third-order valence-electron chi connectivity index (χ3n) is 2.69. The summed E-state index contributed by atoms with van der Waals surface area (Å²) in [6.07, 6.45) is 0. The molecule has 0 fully saturated rings. The quantitative estimate of drug-likeness (QED) is 0.753. The molecule has 0 saturated carbocycles. The first-order valence-electron chi connectivity index (χ1n) is 5.80. The van der Waals surface area contributed by atoms with E-state index in [9.17, 15) is 0 Å². The molecule has 0 bridgehead atoms. The van der Waals surface area contributed by atoms with Crippen LogP contribution in [0, 0.1) is 11.3 Å². The third-order valence-corrected chi connectivity index (χ3v) is 4.81. The molecule has 0 heterocycles. The Morgan fingerprint density at radius 1 is 1.15 bits per heavy atom. The van der Waals surface area contributed by atoms with E-state index >= 15 is 0 Å². The molecule has 0 radical (unpaired) electrons. The number of halogens is 2. The van der Waals surface area contributed by atoms with E-state index in [0.29, 0.717) is 32.6 Å². The van der Waals surface area contributed by atoms with Crippen molar-refractivity contribution in [1.29, 1.82) is 5.26 Å². The maximum absolute atomic E-state index is 9.06. The topological polar surface area (TPSA) is 42.2 Å². The molecule has 5 heteroatoms. The number of hydrogen-bond donors (Lipinski definition) is 0. The van der Waals surface area contributed by atoms with Crippen LogP contribution in [0.2, 0.25) is 0 Å². The van der Waals surface area contributed by atoms with E-state index in [2.05, 4.69) is 37.9 Å². The monoisotopic (exact) mass is 395 g/mol. The summed E-state index contributed by atoms with van der Waals surface area (Å²) >= 11 is 6.81. The third kappa shape index (κ3) is 3.14. The summed E-state index contributed by atoms with van der Waals surface area (Å²) in [6, 6.07) is 13.6. The van der Waals surface area contributed by atoms with Crippen LogP contribution in [0.3, 0.4) is 0 Å². The minimum Gasteiger partial charge on any atom is -0.493 e. The van der Waals surface area contributed by atoms with Crippen molar-refractivity contribution in [2.24, 2.45) is 0 Å². The van der Waals surface area contributed by atoms with Gasteiger partial charge in [-0.15, -0.1) is 0 Å². The summed E-state index contributed by atoms with van der Waals surface area (Å²) in [4.78, 5) is 0. The first-order valence-corrected chi connectivity index (χ1v) is 7.38. The Bertz CT molecular complexity index is 651. The van der Waals surface area contributed by atoms with Crippen LogP contribution >= 0.6 is 31.9 Å². The average Bonchev–Trinajstić information content (AvgIpc) is 2.49. The first kappa shape index (κ1) is 14.9. The highest BCUT2D eigenvalue weighted by molar-refractivity contribution is 9.13. The van der Waals surface area contributed by atoms with Crippen molar-refractivity contribution in [3.8, 4) is 17.6 Å². The highest BCUT2D eigenvalue weighted by atomic mass is 79.9. The summed E-state index contributed by atoms with van der Waals surface area (Å²) in [5, 5.41) is 9.06. The lowest BCUT2D eigenvalue weighted by Gasteiger charge is -2.14. The standard InChI is InChI=1S/C15H11Br2NO2/c1-19-12-7-11(8-18)13(16)14(17)15(12)20-9-10-5-3-2-4-6-10/h2-7H,9H2,1H3. The molecule has 0 spiro atoms. The molecule has 0 amide bonds. The fraction of sp³-hybridized carbons (Fsp3) is 0.133. The average molecular weight is 397 g/mol. The minimum atomic E-state index is 0.425. The molecule has 0 unspecified atom stereocenters. The van der Waals surface area contributed by atoms with Gasteiger partial charge in [0, 0.05) is 6.07 Å². The van der Waals surface area contributed by atoms with Gasteiger partial charge in [0.25, 0.3) is 0 Å². The smallest absolute Gasteiger partial charge is 0.177 e. The predicted octanol–water partition coefficient (Wildman–Crippen LogP) is 4.67. The Morgan fingerprint density at radius 2 is 1.85 bits per heavy atom. The van der Waals surface area contributed by atoms with Gasteiger partial charge in [0.15, 0.2) is 11.5 Å². The zero-order chi connectivity index (χ0) is 14.5. The molecule has 3 nitrogen and oxygen atoms in total. The minimum absolute atomic E-state index is 0.425. The van der Waals surface area contributed by atoms with Crippen molar-refractivity contribution in [3.05, 3.63) is 56.5 Å². The number of hydrogen-bond acceptors (Lipinski definition) is 3. The van der Waals surface area contributed by atoms with Crippen LogP contribution in [0.25, 0.3) is 0 Å². The lowest BCUT2D eigenvalue weighted by atomic mass is 10.2. The van der Waals surface area contributed by atoms with Gasteiger partial charge in [-0.3, -0.25) is 0 Å². The first-order chi connectivity index (χ1) is 9.67. The normalized spacial score (nSPS) is 9.90. The van der Waals surface area contributed by atoms with Crippen LogP contribution in [-0.4, -0.2) is 7.11 Å². The number of rotatable bonds is 4. The van der Waals surface area contributed by atoms with Crippen molar-refractivity contribution in [3.63, 3.8) is 0 Å². The van der Waals surface area contributed by atoms with Crippen molar-refractivity contribution in [2.75, 3.05) is 7.11 Å². The number of methoxy groups -OCH3 is 1. The number of nitrogens with zero attached hydrogens (tertiary/aromatic N) is 1. The summed E-state index contributed by atoms with van der Waals surface area (Å²) in [7, 11) is 1.55. The van der Waals surface area contributed by atoms with E-state index in [4.69, 9.17) is 14.7 Å². The molecular formula is C15H11Br2NO2. The van der Waals surface area contributed by atoms with Gasteiger partial charge in [0.1, 0.15) is 12.7 Å². The van der Waals surface area contributed by atoms with Crippen LogP contribution in [0.15, 0.2) is 45.3 Å². The van der Waals surface area contributed by atoms with Gasteiger partial charge in [-0.05, 0) is 37.4 Å². The maximum Gasteiger partial charge on any atom is 0.177 e. The van der Waals surface area contributed by atoms with Gasteiger partial charge < -0.3 is 9.47 Å². The van der Waals surface area contributed by atoms with Gasteiger partial charge in [-0.25, -0.2) is 0 Å². The highest BCUT2D eigenvalue weighted by Crippen LogP contribution is 2.42. The van der Waals surface area contributed by atoms with E-state index in [1.807, 2.05) is 30.3 Å². The van der Waals surface area contributed by atoms with E-state index in [1.165, 1.54) is 0 Å². The number of benzene rings is 2. The van der Waals surface area contributed by atoms with E-state index < -0.39 is 0 Å². The second-order valence-electron chi connectivity index (χ2n) is 3.97. The van der Waals surface area contributed by atoms with E-state index in [1.54, 1.807) is 13.2 Å². The van der Waals surface area contributed by atoms with Crippen LogP contribution < -0.4 is 9.47 Å². The molecule has 0 aliphatic carbocycles. The summed E-state index contributed by atoms with van der Waals surface area (Å²) < 4.78 is 12.4. The molecule has 2 aromatic carbocycles. The molecule has 0 saturated heterocycles. The van der Waals surface area contributed by atoms with Gasteiger partial charge in [0.05, 0.1) is 21.6 Å². The zero-order valence-electron chi connectivity index (χ0n) is 10.7. The van der Waals surface area contributed by atoms with Crippen LogP contribution in [0.1, 0.15) is 11.1 Å². The zero-order valence-corrected chi connectivity index (χ0v) is 13.9. The van der Waals surface area contributed by atoms with Crippen LogP contribution in [0.4, 0.5) is 0 Å². The molecule has 20 heavy (non-hydrogen) atoms. The Kier molecular flexibility index (Phi) is 5.05. The van der Waals surface area contributed by atoms with E-state index in [0.717, 1.165) is 5.56 Å². The molecule has 0 aromatic heterocycles. The van der Waals surface area contributed by atoms with Crippen molar-refractivity contribution >= 4 is 31.9 Å². The van der Waals surface area contributed by atoms with Crippen molar-refractivity contribution in [2.45, 2.75) is 6.61 Å². The van der Waals surface area contributed by atoms with Gasteiger partial charge in [-0.2, -0.15) is 5.26 Å². The Hall–Kier alpha value is -1.51. The van der Waals surface area contributed by atoms with Crippen molar-refractivity contribution < 1.29 is 9.47 Å². The summed E-state index contributed by atoms with van der Waals surface area (Å²) in [5.41, 5.74) is 1.54. The van der Waals surface area contributed by atoms with Gasteiger partial charge in [-0.1, -0.05) is 30.3 Å². The van der Waals surface area contributed by atoms with Gasteiger partial charge >= 0.3 is 0 Å². The number of nitriles is 1. The van der Waals surface area contributed by atoms with Crippen LogP contribution in [0.5, 0.6) is 11.5 Å². The largest absolute Gasteiger partial charge is 0.493 e. The molecule has 0 aliphatic heterocycles. The number of ether oxygens (including phenoxy) is 2. The second kappa shape index (κ2) is 6.78. The molecule has 0 aliphatic rings. The molecule has 2 rings (SSSR count). The fourth-order valence-corrected chi connectivity index (χ4v) is 2.59. The SMILES string of the molecule is COc1cc(C#N)c(Br)c(Br)c1OCc1ccccc1. The maximum atomic E-state index is 9.06. The lowest BCUT2D eigenvalue weighted by Crippen LogP contribution is -1.99. The summed E-state index contributed by atoms with van der Waals surface area (Å²) in [5.74, 6) is 1.09. The molecular weight excluding hydrogens is 386 g/mol. The molecule has 102 valence electrons. The molecule has 0 N–H and O–H groups in total. The lowest BCUT2D eigenvalue weighted by molar-refractivity contribution is 0.282. The Labute approximate surface area is 134 Å². The predicted molar refractivity (Wildman–Crippen MR) is 83.9 cm³/mol. The van der Waals surface area contributed by atoms with Crippen LogP contribution in [-0.2, 0) is 6.61 Å². The second-order valence-corrected chi connectivity index (χ2v) is 5.56. The fourth-order valence-electron chi connectivity index (χ4n) is 1.68. The van der Waals surface area contributed by atoms with Crippen molar-refractivity contribution in [1.82, 2.24) is 0 Å². The Balaban J connectivity index is 2.32. The van der Waals surface area contributed by atoms with E-state index in [-0.39, 0.29) is 0 Å². The Morgan fingerprint density at radius 3 is 2.45 bits per heavy atom. The van der Waals surface area contributed by atoms with Gasteiger partial charge in [0.2, 0.25) is 0 Å². The molecule has 2 aromatic rings. The molecule has 0 atom stereocenters. The highest BCUT2D eigenvalue weighted by Gasteiger charge is 2.17.